The van der Waals surface area contributed by atoms with Gasteiger partial charge in [0.25, 0.3) is 0 Å². The van der Waals surface area contributed by atoms with E-state index in [9.17, 15) is 4.79 Å². The molecule has 1 aromatic rings. The van der Waals surface area contributed by atoms with E-state index in [0.717, 1.165) is 17.7 Å². The molecule has 0 aromatic heterocycles. The number of hydrogen-bond acceptors (Lipinski definition) is 2. The standard InChI is InChI=1S/C15H24N2O2/c1-6-16(3)15(18)17(4)12(2)11-13-9-7-8-10-14(13)19-5/h7-10,12H,6,11H2,1-5H3. The van der Waals surface area contributed by atoms with E-state index in [0.29, 0.717) is 6.54 Å². The summed E-state index contributed by atoms with van der Waals surface area (Å²) in [6.45, 7) is 4.73. The fourth-order valence-corrected chi connectivity index (χ4v) is 1.92. The molecular weight excluding hydrogens is 240 g/mol. The lowest BCUT2D eigenvalue weighted by Crippen LogP contribution is -2.44. The Bertz CT molecular complexity index is 420. The molecule has 0 radical (unpaired) electrons. The molecule has 4 nitrogen and oxygen atoms in total. The first kappa shape index (κ1) is 15.3. The van der Waals surface area contributed by atoms with Gasteiger partial charge in [0.05, 0.1) is 7.11 Å². The normalized spacial score (nSPS) is 11.8. The second-order valence-corrected chi connectivity index (χ2v) is 4.77. The number of methoxy groups -OCH3 is 1. The highest BCUT2D eigenvalue weighted by atomic mass is 16.5. The minimum absolute atomic E-state index is 0.0462. The molecule has 1 unspecified atom stereocenters. The number of para-hydroxylation sites is 1. The molecule has 1 aromatic carbocycles. The third-order valence-corrected chi connectivity index (χ3v) is 3.47. The number of amides is 2. The van der Waals surface area contributed by atoms with Crippen LogP contribution in [0.3, 0.4) is 0 Å². The van der Waals surface area contributed by atoms with E-state index >= 15 is 0 Å². The number of nitrogens with zero attached hydrogens (tertiary/aromatic N) is 2. The molecule has 4 heteroatoms. The Morgan fingerprint density at radius 3 is 2.53 bits per heavy atom. The number of carbonyl (C=O) groups is 1. The maximum absolute atomic E-state index is 12.1. The molecule has 0 aliphatic heterocycles. The van der Waals surface area contributed by atoms with Crippen LogP contribution in [0.25, 0.3) is 0 Å². The molecule has 0 aliphatic carbocycles. The Morgan fingerprint density at radius 2 is 1.95 bits per heavy atom. The second-order valence-electron chi connectivity index (χ2n) is 4.77. The number of hydrogen-bond donors (Lipinski definition) is 0. The maximum atomic E-state index is 12.1. The predicted molar refractivity (Wildman–Crippen MR) is 77.6 cm³/mol. The summed E-state index contributed by atoms with van der Waals surface area (Å²) in [5.41, 5.74) is 1.12. The molecule has 0 fully saturated rings. The third kappa shape index (κ3) is 3.88. The van der Waals surface area contributed by atoms with Gasteiger partial charge in [-0.2, -0.15) is 0 Å². The number of likely N-dealkylation sites (N-methyl/N-ethyl adjacent to an activating group) is 1. The van der Waals surface area contributed by atoms with Crippen molar-refractivity contribution in [1.29, 1.82) is 0 Å². The van der Waals surface area contributed by atoms with Crippen molar-refractivity contribution in [3.05, 3.63) is 29.8 Å². The van der Waals surface area contributed by atoms with Crippen molar-refractivity contribution >= 4 is 6.03 Å². The summed E-state index contributed by atoms with van der Waals surface area (Å²) in [6, 6.07) is 8.10. The Balaban J connectivity index is 2.73. The minimum atomic E-state index is 0.0462. The monoisotopic (exact) mass is 264 g/mol. The predicted octanol–water partition coefficient (Wildman–Crippen LogP) is 2.63. The van der Waals surface area contributed by atoms with Crippen molar-refractivity contribution in [1.82, 2.24) is 9.80 Å². The Kier molecular flexibility index (Phi) is 5.67. The summed E-state index contributed by atoms with van der Waals surface area (Å²) >= 11 is 0. The van der Waals surface area contributed by atoms with Gasteiger partial charge in [0.1, 0.15) is 5.75 Å². The van der Waals surface area contributed by atoms with Gasteiger partial charge in [-0.3, -0.25) is 0 Å². The molecule has 0 saturated heterocycles. The van der Waals surface area contributed by atoms with Crippen LogP contribution in [-0.4, -0.2) is 49.6 Å². The maximum Gasteiger partial charge on any atom is 0.319 e. The summed E-state index contributed by atoms with van der Waals surface area (Å²) < 4.78 is 5.34. The van der Waals surface area contributed by atoms with Gasteiger partial charge in [-0.25, -0.2) is 4.79 Å². The topological polar surface area (TPSA) is 32.8 Å². The van der Waals surface area contributed by atoms with Crippen molar-refractivity contribution in [2.75, 3.05) is 27.7 Å². The fraction of sp³-hybridized carbons (Fsp3) is 0.533. The highest BCUT2D eigenvalue weighted by Gasteiger charge is 2.19. The number of ether oxygens (including phenoxy) is 1. The van der Waals surface area contributed by atoms with E-state index in [-0.39, 0.29) is 12.1 Å². The van der Waals surface area contributed by atoms with E-state index in [1.165, 1.54) is 0 Å². The number of rotatable bonds is 5. The van der Waals surface area contributed by atoms with E-state index in [4.69, 9.17) is 4.74 Å². The zero-order valence-electron chi connectivity index (χ0n) is 12.5. The van der Waals surface area contributed by atoms with Crippen LogP contribution in [-0.2, 0) is 6.42 Å². The zero-order valence-corrected chi connectivity index (χ0v) is 12.5. The number of carbonyl (C=O) groups excluding carboxylic acids is 1. The third-order valence-electron chi connectivity index (χ3n) is 3.47. The van der Waals surface area contributed by atoms with Crippen LogP contribution in [0.4, 0.5) is 4.79 Å². The van der Waals surface area contributed by atoms with E-state index in [1.807, 2.05) is 52.2 Å². The SMILES string of the molecule is CCN(C)C(=O)N(C)C(C)Cc1ccccc1OC. The highest BCUT2D eigenvalue weighted by molar-refractivity contribution is 5.74. The van der Waals surface area contributed by atoms with Crippen LogP contribution in [0.15, 0.2) is 24.3 Å². The quantitative estimate of drug-likeness (QED) is 0.819. The van der Waals surface area contributed by atoms with Crippen LogP contribution in [0.1, 0.15) is 19.4 Å². The lowest BCUT2D eigenvalue weighted by molar-refractivity contribution is 0.161. The van der Waals surface area contributed by atoms with Crippen molar-refractivity contribution in [3.63, 3.8) is 0 Å². The summed E-state index contributed by atoms with van der Waals surface area (Å²) in [7, 11) is 5.33. The van der Waals surface area contributed by atoms with Crippen LogP contribution < -0.4 is 4.74 Å². The zero-order chi connectivity index (χ0) is 14.4. The number of urea groups is 1. The first-order valence-electron chi connectivity index (χ1n) is 6.61. The molecule has 0 bridgehead atoms. The van der Waals surface area contributed by atoms with Crippen molar-refractivity contribution < 1.29 is 9.53 Å². The van der Waals surface area contributed by atoms with Crippen LogP contribution in [0, 0.1) is 0 Å². The van der Waals surface area contributed by atoms with Crippen LogP contribution in [0.2, 0.25) is 0 Å². The van der Waals surface area contributed by atoms with E-state index < -0.39 is 0 Å². The summed E-state index contributed by atoms with van der Waals surface area (Å²) in [5.74, 6) is 0.874. The molecule has 0 N–H and O–H groups in total. The van der Waals surface area contributed by atoms with Gasteiger partial charge < -0.3 is 14.5 Å². The first-order chi connectivity index (χ1) is 9.01. The van der Waals surface area contributed by atoms with E-state index in [2.05, 4.69) is 0 Å². The Labute approximate surface area is 116 Å². The first-order valence-corrected chi connectivity index (χ1v) is 6.61. The average molecular weight is 264 g/mol. The van der Waals surface area contributed by atoms with Crippen molar-refractivity contribution in [2.24, 2.45) is 0 Å². The molecule has 19 heavy (non-hydrogen) atoms. The number of benzene rings is 1. The van der Waals surface area contributed by atoms with Crippen molar-refractivity contribution in [3.8, 4) is 5.75 Å². The van der Waals surface area contributed by atoms with Crippen LogP contribution >= 0.6 is 0 Å². The molecule has 0 heterocycles. The lowest BCUT2D eigenvalue weighted by Gasteiger charge is -2.29. The molecule has 1 atom stereocenters. The van der Waals surface area contributed by atoms with E-state index in [1.54, 1.807) is 16.9 Å². The van der Waals surface area contributed by atoms with Gasteiger partial charge in [-0.05, 0) is 31.9 Å². The second kappa shape index (κ2) is 7.02. The van der Waals surface area contributed by atoms with Gasteiger partial charge in [0, 0.05) is 26.7 Å². The molecule has 2 amide bonds. The highest BCUT2D eigenvalue weighted by Crippen LogP contribution is 2.20. The van der Waals surface area contributed by atoms with Gasteiger partial charge >= 0.3 is 6.03 Å². The Morgan fingerprint density at radius 1 is 1.32 bits per heavy atom. The van der Waals surface area contributed by atoms with Gasteiger partial charge in [0.2, 0.25) is 0 Å². The lowest BCUT2D eigenvalue weighted by atomic mass is 10.1. The summed E-state index contributed by atoms with van der Waals surface area (Å²) in [6.07, 6.45) is 0.782. The molecular formula is C15H24N2O2. The molecule has 0 aliphatic rings. The smallest absolute Gasteiger partial charge is 0.319 e. The van der Waals surface area contributed by atoms with Crippen molar-refractivity contribution in [2.45, 2.75) is 26.3 Å². The molecule has 1 rings (SSSR count). The summed E-state index contributed by atoms with van der Waals surface area (Å²) in [4.78, 5) is 15.6. The largest absolute Gasteiger partial charge is 0.496 e. The van der Waals surface area contributed by atoms with Gasteiger partial charge in [0.15, 0.2) is 0 Å². The molecule has 0 spiro atoms. The summed E-state index contributed by atoms with van der Waals surface area (Å²) in [5, 5.41) is 0. The average Bonchev–Trinajstić information content (AvgIpc) is 2.45. The van der Waals surface area contributed by atoms with Crippen LogP contribution in [0.5, 0.6) is 5.75 Å². The molecule has 0 saturated carbocycles. The van der Waals surface area contributed by atoms with Gasteiger partial charge in [-0.1, -0.05) is 18.2 Å². The molecule has 106 valence electrons. The Hall–Kier alpha value is -1.71. The minimum Gasteiger partial charge on any atom is -0.496 e. The fourth-order valence-electron chi connectivity index (χ4n) is 1.92. The van der Waals surface area contributed by atoms with Gasteiger partial charge in [-0.15, -0.1) is 0 Å².